The van der Waals surface area contributed by atoms with Crippen LogP contribution >= 0.6 is 0 Å². The van der Waals surface area contributed by atoms with Crippen molar-refractivity contribution in [2.24, 2.45) is 5.92 Å². The van der Waals surface area contributed by atoms with Gasteiger partial charge in [0, 0.05) is 13.1 Å². The van der Waals surface area contributed by atoms with Crippen LogP contribution in [0.25, 0.3) is 0 Å². The number of hydrogen-bond donors (Lipinski definition) is 0. The topological polar surface area (TPSA) is 53.3 Å². The third-order valence-corrected chi connectivity index (χ3v) is 2.78. The van der Waals surface area contributed by atoms with Crippen LogP contribution < -0.4 is 4.74 Å². The van der Waals surface area contributed by atoms with Gasteiger partial charge in [-0.3, -0.25) is 4.79 Å². The number of benzene rings is 1. The van der Waals surface area contributed by atoms with Crippen molar-refractivity contribution in [3.63, 3.8) is 0 Å². The summed E-state index contributed by atoms with van der Waals surface area (Å²) in [6.45, 7) is 7.62. The number of hydrogen-bond acceptors (Lipinski definition) is 3. The second-order valence-electron chi connectivity index (χ2n) is 4.98. The lowest BCUT2D eigenvalue weighted by Crippen LogP contribution is -2.35. The monoisotopic (exact) mass is 274 g/mol. The molecule has 0 aliphatic heterocycles. The molecule has 1 amide bonds. The minimum absolute atomic E-state index is 0.0713. The van der Waals surface area contributed by atoms with E-state index in [1.165, 1.54) is 0 Å². The Morgan fingerprint density at radius 1 is 1.40 bits per heavy atom. The normalized spacial score (nSPS) is 10.2. The smallest absolute Gasteiger partial charge is 0.257 e. The zero-order valence-corrected chi connectivity index (χ0v) is 12.4. The van der Waals surface area contributed by atoms with E-state index < -0.39 is 0 Å². The molecule has 1 aromatic carbocycles. The Balaban J connectivity index is 2.96. The molecule has 0 radical (unpaired) electrons. The number of carbonyl (C=O) groups is 1. The Kier molecular flexibility index (Phi) is 6.58. The van der Waals surface area contributed by atoms with E-state index in [1.807, 2.05) is 19.1 Å². The van der Waals surface area contributed by atoms with Gasteiger partial charge in [0.15, 0.2) is 0 Å². The number of nitriles is 1. The van der Waals surface area contributed by atoms with Crippen LogP contribution in [-0.4, -0.2) is 30.5 Å². The van der Waals surface area contributed by atoms with Crippen LogP contribution in [0.4, 0.5) is 0 Å². The molecule has 0 N–H and O–H groups in total. The average molecular weight is 274 g/mol. The van der Waals surface area contributed by atoms with Gasteiger partial charge in [-0.05, 0) is 25.0 Å². The second-order valence-corrected chi connectivity index (χ2v) is 4.98. The molecule has 108 valence electrons. The fraction of sp³-hybridized carbons (Fsp3) is 0.500. The number of rotatable bonds is 7. The summed E-state index contributed by atoms with van der Waals surface area (Å²) in [6.07, 6.45) is 0.343. The predicted octanol–water partition coefficient (Wildman–Crippen LogP) is 3.10. The molecule has 1 rings (SSSR count). The summed E-state index contributed by atoms with van der Waals surface area (Å²) in [4.78, 5) is 14.3. The maximum absolute atomic E-state index is 12.6. The van der Waals surface area contributed by atoms with E-state index in [2.05, 4.69) is 19.9 Å². The van der Waals surface area contributed by atoms with Crippen molar-refractivity contribution < 1.29 is 9.53 Å². The van der Waals surface area contributed by atoms with E-state index in [0.717, 1.165) is 0 Å². The maximum Gasteiger partial charge on any atom is 0.257 e. The van der Waals surface area contributed by atoms with Gasteiger partial charge in [0.05, 0.1) is 24.7 Å². The van der Waals surface area contributed by atoms with Crippen LogP contribution in [0.3, 0.4) is 0 Å². The zero-order chi connectivity index (χ0) is 15.0. The first-order valence-corrected chi connectivity index (χ1v) is 6.98. The molecule has 20 heavy (non-hydrogen) atoms. The summed E-state index contributed by atoms with van der Waals surface area (Å²) >= 11 is 0. The first-order valence-electron chi connectivity index (χ1n) is 6.98. The summed E-state index contributed by atoms with van der Waals surface area (Å²) in [5, 5.41) is 8.73. The first kappa shape index (κ1) is 16.0. The van der Waals surface area contributed by atoms with E-state index >= 15 is 0 Å². The van der Waals surface area contributed by atoms with Crippen molar-refractivity contribution in [3.8, 4) is 11.8 Å². The summed E-state index contributed by atoms with van der Waals surface area (Å²) in [7, 11) is 0. The van der Waals surface area contributed by atoms with E-state index in [-0.39, 0.29) is 5.91 Å². The Morgan fingerprint density at radius 3 is 2.70 bits per heavy atom. The standard InChI is InChI=1S/C16H22N2O2/c1-4-20-15-9-6-5-8-14(15)16(19)18(11-7-10-17)12-13(2)3/h5-6,8-9,13H,4,7,11-12H2,1-3H3. The summed E-state index contributed by atoms with van der Waals surface area (Å²) in [5.41, 5.74) is 0.563. The highest BCUT2D eigenvalue weighted by Crippen LogP contribution is 2.20. The summed E-state index contributed by atoms with van der Waals surface area (Å²) in [5.74, 6) is 0.889. The summed E-state index contributed by atoms with van der Waals surface area (Å²) in [6, 6.07) is 9.34. The van der Waals surface area contributed by atoms with Crippen LogP contribution in [-0.2, 0) is 0 Å². The Bertz CT molecular complexity index is 478. The van der Waals surface area contributed by atoms with Gasteiger partial charge < -0.3 is 9.64 Å². The van der Waals surface area contributed by atoms with Crippen molar-refractivity contribution in [2.75, 3.05) is 19.7 Å². The molecule has 0 saturated heterocycles. The van der Waals surface area contributed by atoms with E-state index in [4.69, 9.17) is 10.00 Å². The first-order chi connectivity index (χ1) is 9.60. The van der Waals surface area contributed by atoms with E-state index in [1.54, 1.807) is 17.0 Å². The van der Waals surface area contributed by atoms with Gasteiger partial charge in [-0.25, -0.2) is 0 Å². The molecule has 0 bridgehead atoms. The lowest BCUT2D eigenvalue weighted by atomic mass is 10.1. The number of para-hydroxylation sites is 1. The van der Waals surface area contributed by atoms with Crippen molar-refractivity contribution in [1.29, 1.82) is 5.26 Å². The van der Waals surface area contributed by atoms with Gasteiger partial charge >= 0.3 is 0 Å². The predicted molar refractivity (Wildman–Crippen MR) is 78.6 cm³/mol. The maximum atomic E-state index is 12.6. The molecule has 4 heteroatoms. The highest BCUT2D eigenvalue weighted by molar-refractivity contribution is 5.97. The molecule has 0 aromatic heterocycles. The highest BCUT2D eigenvalue weighted by atomic mass is 16.5. The summed E-state index contributed by atoms with van der Waals surface area (Å²) < 4.78 is 5.51. The van der Waals surface area contributed by atoms with Crippen LogP contribution in [0.1, 0.15) is 37.6 Å². The van der Waals surface area contributed by atoms with Gasteiger partial charge in [0.2, 0.25) is 0 Å². The molecular weight excluding hydrogens is 252 g/mol. The molecular formula is C16H22N2O2. The molecule has 0 atom stereocenters. The van der Waals surface area contributed by atoms with Crippen LogP contribution in [0.15, 0.2) is 24.3 Å². The van der Waals surface area contributed by atoms with Crippen LogP contribution in [0.2, 0.25) is 0 Å². The second kappa shape index (κ2) is 8.21. The fourth-order valence-electron chi connectivity index (χ4n) is 2.00. The molecule has 0 aliphatic rings. The number of amides is 1. The van der Waals surface area contributed by atoms with Crippen molar-refractivity contribution in [3.05, 3.63) is 29.8 Å². The lowest BCUT2D eigenvalue weighted by Gasteiger charge is -2.24. The molecule has 0 aliphatic carbocycles. The Hall–Kier alpha value is -2.02. The van der Waals surface area contributed by atoms with E-state index in [0.29, 0.717) is 43.3 Å². The number of carbonyl (C=O) groups excluding carboxylic acids is 1. The van der Waals surface area contributed by atoms with E-state index in [9.17, 15) is 4.79 Å². The third kappa shape index (κ3) is 4.58. The van der Waals surface area contributed by atoms with Gasteiger partial charge in [-0.15, -0.1) is 0 Å². The average Bonchev–Trinajstić information content (AvgIpc) is 2.43. The highest BCUT2D eigenvalue weighted by Gasteiger charge is 2.19. The Labute approximate surface area is 121 Å². The fourth-order valence-corrected chi connectivity index (χ4v) is 2.00. The number of nitrogens with zero attached hydrogens (tertiary/aromatic N) is 2. The van der Waals surface area contributed by atoms with Gasteiger partial charge in [0.1, 0.15) is 5.75 Å². The number of ether oxygens (including phenoxy) is 1. The van der Waals surface area contributed by atoms with Gasteiger partial charge in [-0.2, -0.15) is 5.26 Å². The SMILES string of the molecule is CCOc1ccccc1C(=O)N(CCC#N)CC(C)C. The van der Waals surface area contributed by atoms with Crippen molar-refractivity contribution in [1.82, 2.24) is 4.90 Å². The molecule has 0 unspecified atom stereocenters. The molecule has 0 spiro atoms. The largest absolute Gasteiger partial charge is 0.493 e. The molecule has 4 nitrogen and oxygen atoms in total. The molecule has 0 saturated carbocycles. The third-order valence-electron chi connectivity index (χ3n) is 2.78. The van der Waals surface area contributed by atoms with Crippen molar-refractivity contribution in [2.45, 2.75) is 27.2 Å². The minimum Gasteiger partial charge on any atom is -0.493 e. The van der Waals surface area contributed by atoms with Gasteiger partial charge in [-0.1, -0.05) is 26.0 Å². The quantitative estimate of drug-likeness (QED) is 0.767. The molecule has 1 aromatic rings. The van der Waals surface area contributed by atoms with Crippen LogP contribution in [0, 0.1) is 17.2 Å². The van der Waals surface area contributed by atoms with Gasteiger partial charge in [0.25, 0.3) is 5.91 Å². The van der Waals surface area contributed by atoms with Crippen LogP contribution in [0.5, 0.6) is 5.75 Å². The minimum atomic E-state index is -0.0713. The lowest BCUT2D eigenvalue weighted by molar-refractivity contribution is 0.0735. The Morgan fingerprint density at radius 2 is 2.10 bits per heavy atom. The molecule has 0 fully saturated rings. The zero-order valence-electron chi connectivity index (χ0n) is 12.4. The molecule has 0 heterocycles. The van der Waals surface area contributed by atoms with Crippen molar-refractivity contribution >= 4 is 5.91 Å².